The highest BCUT2D eigenvalue weighted by Gasteiger charge is 2.20. The van der Waals surface area contributed by atoms with Crippen LogP contribution in [0.1, 0.15) is 0 Å². The van der Waals surface area contributed by atoms with Crippen molar-refractivity contribution in [1.82, 2.24) is 5.32 Å². The maximum Gasteiger partial charge on any atom is 0.407 e. The van der Waals surface area contributed by atoms with Crippen molar-refractivity contribution < 1.29 is 9.53 Å². The number of halogens is 3. The van der Waals surface area contributed by atoms with Crippen LogP contribution in [0.4, 0.5) is 4.79 Å². The monoisotopic (exact) mass is 231 g/mol. The van der Waals surface area contributed by atoms with Gasteiger partial charge in [-0.1, -0.05) is 47.5 Å². The van der Waals surface area contributed by atoms with E-state index in [1.54, 1.807) is 0 Å². The first-order chi connectivity index (χ1) is 5.45. The Morgan fingerprint density at radius 1 is 1.58 bits per heavy atom. The normalized spacial score (nSPS) is 10.6. The molecule has 6 heteroatoms. The van der Waals surface area contributed by atoms with Gasteiger partial charge in [-0.05, 0) is 0 Å². The molecule has 0 aliphatic carbocycles. The van der Waals surface area contributed by atoms with E-state index in [1.165, 1.54) is 6.08 Å². The predicted octanol–water partition coefficient (Wildman–Crippen LogP) is 2.27. The lowest BCUT2D eigenvalue weighted by Gasteiger charge is -2.11. The second kappa shape index (κ2) is 5.51. The molecule has 1 amide bonds. The lowest BCUT2D eigenvalue weighted by Crippen LogP contribution is -2.32. The molecule has 1 N–H and O–H groups in total. The second-order valence-electron chi connectivity index (χ2n) is 1.86. The largest absolute Gasteiger partial charge is 0.445 e. The highest BCUT2D eigenvalue weighted by Crippen LogP contribution is 2.24. The predicted molar refractivity (Wildman–Crippen MR) is 49.8 cm³/mol. The average molecular weight is 232 g/mol. The Morgan fingerprint density at radius 2 is 2.17 bits per heavy atom. The molecule has 0 fully saturated rings. The van der Waals surface area contributed by atoms with Gasteiger partial charge >= 0.3 is 6.09 Å². The number of amides is 1. The van der Waals surface area contributed by atoms with Crippen LogP contribution in [0.5, 0.6) is 0 Å². The Hall–Kier alpha value is -0.120. The number of rotatable bonds is 3. The minimum Gasteiger partial charge on any atom is -0.445 e. The quantitative estimate of drug-likeness (QED) is 0.599. The average Bonchev–Trinajstić information content (AvgIpc) is 1.95. The number of carbonyl (C=O) groups is 1. The summed E-state index contributed by atoms with van der Waals surface area (Å²) in [6.07, 6.45) is 0.802. The van der Waals surface area contributed by atoms with Gasteiger partial charge in [-0.25, -0.2) is 4.79 Å². The first-order valence-electron chi connectivity index (χ1n) is 3.04. The van der Waals surface area contributed by atoms with Gasteiger partial charge in [-0.2, -0.15) is 0 Å². The molecule has 0 radical (unpaired) electrons. The molecule has 0 aliphatic heterocycles. The molecule has 0 unspecified atom stereocenters. The fourth-order valence-corrected chi connectivity index (χ4v) is 0.558. The van der Waals surface area contributed by atoms with Crippen molar-refractivity contribution in [3.63, 3.8) is 0 Å². The van der Waals surface area contributed by atoms with E-state index in [4.69, 9.17) is 34.8 Å². The van der Waals surface area contributed by atoms with Crippen molar-refractivity contribution in [2.24, 2.45) is 0 Å². The van der Waals surface area contributed by atoms with Crippen LogP contribution >= 0.6 is 34.8 Å². The number of hydrogen-bond donors (Lipinski definition) is 1. The molecule has 0 bridgehead atoms. The van der Waals surface area contributed by atoms with Gasteiger partial charge in [0, 0.05) is 0 Å². The zero-order valence-electron chi connectivity index (χ0n) is 6.15. The first kappa shape index (κ1) is 11.9. The fourth-order valence-electron chi connectivity index (χ4n) is 0.358. The van der Waals surface area contributed by atoms with Crippen LogP contribution in [-0.2, 0) is 4.74 Å². The smallest absolute Gasteiger partial charge is 0.407 e. The van der Waals surface area contributed by atoms with Crippen LogP contribution in [0.25, 0.3) is 0 Å². The SMILES string of the molecule is C=CCOC(=O)NCC(Cl)(Cl)Cl. The Kier molecular flexibility index (Phi) is 5.46. The summed E-state index contributed by atoms with van der Waals surface area (Å²) in [6, 6.07) is 0. The zero-order valence-corrected chi connectivity index (χ0v) is 8.42. The zero-order chi connectivity index (χ0) is 9.61. The topological polar surface area (TPSA) is 38.3 Å². The van der Waals surface area contributed by atoms with Gasteiger partial charge in [0.05, 0.1) is 6.54 Å². The molecule has 0 rings (SSSR count). The van der Waals surface area contributed by atoms with Crippen molar-refractivity contribution in [2.45, 2.75) is 3.79 Å². The van der Waals surface area contributed by atoms with Gasteiger partial charge in [0.1, 0.15) is 6.61 Å². The minimum absolute atomic E-state index is 0.0896. The summed E-state index contributed by atoms with van der Waals surface area (Å²) in [7, 11) is 0. The van der Waals surface area contributed by atoms with Gasteiger partial charge in [0.15, 0.2) is 0 Å². The van der Waals surface area contributed by atoms with Crippen molar-refractivity contribution in [3.05, 3.63) is 12.7 Å². The van der Waals surface area contributed by atoms with E-state index in [0.717, 1.165) is 0 Å². The van der Waals surface area contributed by atoms with Crippen molar-refractivity contribution in [1.29, 1.82) is 0 Å². The minimum atomic E-state index is -1.49. The van der Waals surface area contributed by atoms with E-state index in [-0.39, 0.29) is 13.2 Å². The first-order valence-corrected chi connectivity index (χ1v) is 4.17. The molecule has 0 aromatic heterocycles. The van der Waals surface area contributed by atoms with Crippen LogP contribution in [-0.4, -0.2) is 23.0 Å². The van der Waals surface area contributed by atoms with Crippen LogP contribution in [0.3, 0.4) is 0 Å². The molecule has 0 spiro atoms. The van der Waals surface area contributed by atoms with Gasteiger partial charge in [0.25, 0.3) is 0 Å². The second-order valence-corrected chi connectivity index (χ2v) is 4.37. The lowest BCUT2D eigenvalue weighted by molar-refractivity contribution is 0.158. The standard InChI is InChI=1S/C6H8Cl3NO2/c1-2-3-12-5(11)10-4-6(7,8)9/h2H,1,3-4H2,(H,10,11). The van der Waals surface area contributed by atoms with Crippen molar-refractivity contribution >= 4 is 40.9 Å². The highest BCUT2D eigenvalue weighted by molar-refractivity contribution is 6.67. The Labute approximate surface area is 85.6 Å². The summed E-state index contributed by atoms with van der Waals surface area (Å²) >= 11 is 16.1. The molecule has 0 aromatic rings. The van der Waals surface area contributed by atoms with Gasteiger partial charge < -0.3 is 10.1 Å². The Bertz CT molecular complexity index is 167. The number of alkyl halides is 3. The summed E-state index contributed by atoms with van der Waals surface area (Å²) in [5, 5.41) is 2.25. The third kappa shape index (κ3) is 7.98. The molecule has 70 valence electrons. The molecule has 0 aromatic carbocycles. The number of alkyl carbamates (subject to hydrolysis) is 1. The lowest BCUT2D eigenvalue weighted by atomic mass is 10.7. The van der Waals surface area contributed by atoms with Gasteiger partial charge in [-0.15, -0.1) is 0 Å². The van der Waals surface area contributed by atoms with E-state index in [0.29, 0.717) is 0 Å². The summed E-state index contributed by atoms with van der Waals surface area (Å²) < 4.78 is 3.05. The summed E-state index contributed by atoms with van der Waals surface area (Å²) in [4.78, 5) is 10.7. The van der Waals surface area contributed by atoms with Gasteiger partial charge in [-0.3, -0.25) is 0 Å². The maximum atomic E-state index is 10.7. The fraction of sp³-hybridized carbons (Fsp3) is 0.500. The Balaban J connectivity index is 3.51. The summed E-state index contributed by atoms with van der Waals surface area (Å²) in [5.74, 6) is 0. The van der Waals surface area contributed by atoms with Gasteiger partial charge in [0.2, 0.25) is 3.79 Å². The van der Waals surface area contributed by atoms with Crippen LogP contribution in [0, 0.1) is 0 Å². The van der Waals surface area contributed by atoms with Crippen LogP contribution < -0.4 is 5.32 Å². The molecule has 0 aliphatic rings. The molecule has 0 saturated heterocycles. The van der Waals surface area contributed by atoms with Crippen molar-refractivity contribution in [3.8, 4) is 0 Å². The number of hydrogen-bond acceptors (Lipinski definition) is 2. The van der Waals surface area contributed by atoms with Crippen LogP contribution in [0.2, 0.25) is 0 Å². The Morgan fingerprint density at radius 3 is 2.58 bits per heavy atom. The molecule has 12 heavy (non-hydrogen) atoms. The number of ether oxygens (including phenoxy) is 1. The molecule has 0 saturated carbocycles. The summed E-state index contributed by atoms with van der Waals surface area (Å²) in [5.41, 5.74) is 0. The van der Waals surface area contributed by atoms with Crippen molar-refractivity contribution in [2.75, 3.05) is 13.2 Å². The van der Waals surface area contributed by atoms with E-state index in [2.05, 4.69) is 16.6 Å². The number of carbonyl (C=O) groups excluding carboxylic acids is 1. The molecule has 3 nitrogen and oxygen atoms in total. The highest BCUT2D eigenvalue weighted by atomic mass is 35.6. The third-order valence-electron chi connectivity index (χ3n) is 0.765. The van der Waals surface area contributed by atoms with E-state index in [9.17, 15) is 4.79 Å². The van der Waals surface area contributed by atoms with Crippen LogP contribution in [0.15, 0.2) is 12.7 Å². The van der Waals surface area contributed by atoms with E-state index in [1.807, 2.05) is 0 Å². The van der Waals surface area contributed by atoms with E-state index < -0.39 is 9.89 Å². The third-order valence-corrected chi connectivity index (χ3v) is 1.17. The summed E-state index contributed by atoms with van der Waals surface area (Å²) in [6.45, 7) is 3.40. The molecular formula is C6H8Cl3NO2. The van der Waals surface area contributed by atoms with E-state index >= 15 is 0 Å². The number of nitrogens with one attached hydrogen (secondary N) is 1. The molecule has 0 heterocycles. The molecule has 0 atom stereocenters. The maximum absolute atomic E-state index is 10.7. The molecular weight excluding hydrogens is 224 g/mol.